The van der Waals surface area contributed by atoms with Gasteiger partial charge in [0.1, 0.15) is 5.82 Å². The Morgan fingerprint density at radius 1 is 1.30 bits per heavy atom. The number of aryl methyl sites for hydroxylation is 1. The number of hydrogen-bond donors (Lipinski definition) is 2. The zero-order valence-corrected chi connectivity index (χ0v) is 15.5. The van der Waals surface area contributed by atoms with E-state index in [-0.39, 0.29) is 23.8 Å². The third-order valence-corrected chi connectivity index (χ3v) is 4.37. The molecule has 27 heavy (non-hydrogen) atoms. The summed E-state index contributed by atoms with van der Waals surface area (Å²) in [6.07, 6.45) is 2.21. The van der Waals surface area contributed by atoms with Crippen molar-refractivity contribution in [3.63, 3.8) is 0 Å². The number of carbonyl (C=O) groups is 1. The van der Waals surface area contributed by atoms with Gasteiger partial charge in [0.05, 0.1) is 11.6 Å². The van der Waals surface area contributed by atoms with E-state index in [4.69, 9.17) is 11.0 Å². The van der Waals surface area contributed by atoms with Crippen molar-refractivity contribution >= 4 is 17.4 Å². The number of nitriles is 1. The minimum Gasteiger partial charge on any atom is -0.383 e. The quantitative estimate of drug-likeness (QED) is 0.763. The number of nitrogens with zero attached hydrogens (tertiary/aromatic N) is 3. The fourth-order valence-electron chi connectivity index (χ4n) is 2.73. The summed E-state index contributed by atoms with van der Waals surface area (Å²) in [5, 5.41) is 8.81. The maximum Gasteiger partial charge on any atom is 0.330 e. The molecule has 1 aromatic carbocycles. The van der Waals surface area contributed by atoms with E-state index < -0.39 is 11.2 Å². The molecule has 0 aliphatic carbocycles. The molecule has 2 aromatic rings. The van der Waals surface area contributed by atoms with Crippen LogP contribution in [0.15, 0.2) is 33.9 Å². The van der Waals surface area contributed by atoms with Gasteiger partial charge in [-0.15, -0.1) is 0 Å². The monoisotopic (exact) mass is 369 g/mol. The second-order valence-corrected chi connectivity index (χ2v) is 6.26. The van der Waals surface area contributed by atoms with E-state index in [2.05, 4.69) is 4.98 Å². The van der Waals surface area contributed by atoms with Crippen LogP contribution in [0.5, 0.6) is 0 Å². The van der Waals surface area contributed by atoms with E-state index in [1.54, 1.807) is 24.3 Å². The summed E-state index contributed by atoms with van der Waals surface area (Å²) in [5.74, 6) is -0.302. The largest absolute Gasteiger partial charge is 0.383 e. The number of benzene rings is 1. The number of nitrogens with two attached hydrogens (primary N) is 1. The molecule has 2 rings (SSSR count). The second kappa shape index (κ2) is 8.85. The van der Waals surface area contributed by atoms with Crippen LogP contribution in [0.2, 0.25) is 0 Å². The van der Waals surface area contributed by atoms with Gasteiger partial charge >= 0.3 is 5.69 Å². The van der Waals surface area contributed by atoms with Crippen molar-refractivity contribution in [1.29, 1.82) is 5.26 Å². The first-order valence-electron chi connectivity index (χ1n) is 8.77. The number of anilines is 2. The lowest BCUT2D eigenvalue weighted by Crippen LogP contribution is -2.39. The number of hydrogen-bond acceptors (Lipinski definition) is 5. The van der Waals surface area contributed by atoms with Gasteiger partial charge < -0.3 is 10.6 Å². The van der Waals surface area contributed by atoms with Crippen LogP contribution >= 0.6 is 0 Å². The van der Waals surface area contributed by atoms with Crippen molar-refractivity contribution in [3.8, 4) is 6.07 Å². The van der Waals surface area contributed by atoms with E-state index in [1.807, 2.05) is 13.0 Å². The average Bonchev–Trinajstić information content (AvgIpc) is 2.66. The van der Waals surface area contributed by atoms with Crippen LogP contribution in [0.1, 0.15) is 37.3 Å². The molecule has 0 radical (unpaired) electrons. The predicted octanol–water partition coefficient (Wildman–Crippen LogP) is 1.39. The molecule has 8 nitrogen and oxygen atoms in total. The van der Waals surface area contributed by atoms with Gasteiger partial charge in [0, 0.05) is 20.0 Å². The SMILES string of the molecule is CCCCn1c(N)c(N(C)C(=O)CCc2ccc(C#N)cc2)c(=O)[nH]c1=O. The van der Waals surface area contributed by atoms with Crippen LogP contribution in [0.4, 0.5) is 11.5 Å². The van der Waals surface area contributed by atoms with Crippen molar-refractivity contribution in [2.45, 2.75) is 39.2 Å². The predicted molar refractivity (Wildman–Crippen MR) is 104 cm³/mol. The Labute approximate surface area is 156 Å². The molecular weight excluding hydrogens is 346 g/mol. The number of H-pyrrole nitrogens is 1. The van der Waals surface area contributed by atoms with Crippen LogP contribution in [-0.4, -0.2) is 22.5 Å². The van der Waals surface area contributed by atoms with Gasteiger partial charge in [-0.25, -0.2) is 4.79 Å². The molecule has 8 heteroatoms. The molecular formula is C19H23N5O3. The summed E-state index contributed by atoms with van der Waals surface area (Å²) in [7, 11) is 1.47. The number of amides is 1. The lowest BCUT2D eigenvalue weighted by Gasteiger charge is -2.20. The highest BCUT2D eigenvalue weighted by Gasteiger charge is 2.20. The zero-order chi connectivity index (χ0) is 20.0. The Balaban J connectivity index is 2.19. The Kier molecular flexibility index (Phi) is 6.55. The minimum absolute atomic E-state index is 0.00794. The molecule has 0 saturated heterocycles. The molecule has 0 aliphatic rings. The lowest BCUT2D eigenvalue weighted by atomic mass is 10.1. The molecule has 0 saturated carbocycles. The summed E-state index contributed by atoms with van der Waals surface area (Å²) >= 11 is 0. The fraction of sp³-hybridized carbons (Fsp3) is 0.368. The highest BCUT2D eigenvalue weighted by molar-refractivity contribution is 5.95. The molecule has 142 valence electrons. The number of unbranched alkanes of at least 4 members (excludes halogenated alkanes) is 1. The summed E-state index contributed by atoms with van der Waals surface area (Å²) in [6, 6.07) is 9.00. The number of aromatic nitrogens is 2. The van der Waals surface area contributed by atoms with Crippen LogP contribution in [0.25, 0.3) is 0 Å². The number of rotatable bonds is 7. The van der Waals surface area contributed by atoms with Crippen molar-refractivity contribution in [3.05, 3.63) is 56.2 Å². The normalized spacial score (nSPS) is 10.4. The molecule has 0 fully saturated rings. The molecule has 0 aliphatic heterocycles. The maximum atomic E-state index is 12.5. The first kappa shape index (κ1) is 20.0. The van der Waals surface area contributed by atoms with Gasteiger partial charge in [-0.1, -0.05) is 25.5 Å². The summed E-state index contributed by atoms with van der Waals surface area (Å²) in [4.78, 5) is 40.1. The number of carbonyl (C=O) groups excluding carboxylic acids is 1. The molecule has 0 bridgehead atoms. The van der Waals surface area contributed by atoms with Crippen molar-refractivity contribution in [1.82, 2.24) is 9.55 Å². The third-order valence-electron chi connectivity index (χ3n) is 4.37. The molecule has 3 N–H and O–H groups in total. The highest BCUT2D eigenvalue weighted by Crippen LogP contribution is 2.17. The van der Waals surface area contributed by atoms with Gasteiger partial charge in [0.15, 0.2) is 5.69 Å². The van der Waals surface area contributed by atoms with E-state index in [0.717, 1.165) is 18.4 Å². The van der Waals surface area contributed by atoms with E-state index in [0.29, 0.717) is 18.5 Å². The van der Waals surface area contributed by atoms with Crippen molar-refractivity contribution < 1.29 is 4.79 Å². The molecule has 0 spiro atoms. The van der Waals surface area contributed by atoms with Gasteiger partial charge in [-0.05, 0) is 30.5 Å². The maximum absolute atomic E-state index is 12.5. The Morgan fingerprint density at radius 2 is 1.96 bits per heavy atom. The lowest BCUT2D eigenvalue weighted by molar-refractivity contribution is -0.118. The number of aromatic amines is 1. The summed E-state index contributed by atoms with van der Waals surface area (Å²) in [6.45, 7) is 2.35. The molecule has 0 atom stereocenters. The topological polar surface area (TPSA) is 125 Å². The van der Waals surface area contributed by atoms with Gasteiger partial charge in [-0.2, -0.15) is 5.26 Å². The standard InChI is InChI=1S/C19H23N5O3/c1-3-4-11-24-17(21)16(18(26)22-19(24)27)23(2)15(25)10-9-13-5-7-14(12-20)8-6-13/h5-8H,3-4,9-11,21H2,1-2H3,(H,22,26,27). The third kappa shape index (κ3) is 4.64. The van der Waals surface area contributed by atoms with E-state index in [1.165, 1.54) is 16.5 Å². The van der Waals surface area contributed by atoms with E-state index in [9.17, 15) is 14.4 Å². The van der Waals surface area contributed by atoms with Crippen LogP contribution in [0, 0.1) is 11.3 Å². The highest BCUT2D eigenvalue weighted by atomic mass is 16.2. The molecule has 0 unspecified atom stereocenters. The van der Waals surface area contributed by atoms with Crippen LogP contribution < -0.4 is 21.9 Å². The number of nitrogens with one attached hydrogen (secondary N) is 1. The van der Waals surface area contributed by atoms with Crippen LogP contribution in [-0.2, 0) is 17.8 Å². The Morgan fingerprint density at radius 3 is 2.56 bits per heavy atom. The van der Waals surface area contributed by atoms with Crippen LogP contribution in [0.3, 0.4) is 0 Å². The van der Waals surface area contributed by atoms with Crippen molar-refractivity contribution in [2.24, 2.45) is 0 Å². The van der Waals surface area contributed by atoms with E-state index >= 15 is 0 Å². The second-order valence-electron chi connectivity index (χ2n) is 6.26. The number of nitrogen functional groups attached to an aromatic ring is 1. The molecule has 1 aromatic heterocycles. The minimum atomic E-state index is -0.681. The fourth-order valence-corrected chi connectivity index (χ4v) is 2.73. The zero-order valence-electron chi connectivity index (χ0n) is 15.5. The van der Waals surface area contributed by atoms with Gasteiger partial charge in [-0.3, -0.25) is 19.1 Å². The molecule has 1 heterocycles. The summed E-state index contributed by atoms with van der Waals surface area (Å²) < 4.78 is 1.28. The van der Waals surface area contributed by atoms with Gasteiger partial charge in [0.2, 0.25) is 5.91 Å². The average molecular weight is 369 g/mol. The Hall–Kier alpha value is -3.34. The first-order valence-corrected chi connectivity index (χ1v) is 8.77. The molecule has 1 amide bonds. The summed E-state index contributed by atoms with van der Waals surface area (Å²) in [5.41, 5.74) is 6.21. The smallest absolute Gasteiger partial charge is 0.330 e. The first-order chi connectivity index (χ1) is 12.9. The Bertz CT molecular complexity index is 967. The van der Waals surface area contributed by atoms with Crippen molar-refractivity contribution in [2.75, 3.05) is 17.7 Å². The van der Waals surface area contributed by atoms with Gasteiger partial charge in [0.25, 0.3) is 5.56 Å².